The number of nitrogens with one attached hydrogen (secondary N) is 2. The highest BCUT2D eigenvalue weighted by atomic mass is 35.5. The van der Waals surface area contributed by atoms with Crippen molar-refractivity contribution in [2.75, 3.05) is 13.2 Å². The number of carbonyl (C=O) groups is 2. The van der Waals surface area contributed by atoms with Crippen LogP contribution in [0.3, 0.4) is 0 Å². The molecule has 0 saturated carbocycles. The van der Waals surface area contributed by atoms with Crippen molar-refractivity contribution in [1.29, 1.82) is 0 Å². The first-order chi connectivity index (χ1) is 14.7. The van der Waals surface area contributed by atoms with E-state index in [1.807, 2.05) is 32.9 Å². The summed E-state index contributed by atoms with van der Waals surface area (Å²) in [6.45, 7) is 5.67. The van der Waals surface area contributed by atoms with Gasteiger partial charge in [0.2, 0.25) is 5.91 Å². The highest BCUT2D eigenvalue weighted by Gasteiger charge is 2.23. The molecule has 0 spiro atoms. The van der Waals surface area contributed by atoms with Gasteiger partial charge < -0.3 is 20.5 Å². The van der Waals surface area contributed by atoms with E-state index in [4.69, 9.17) is 27.9 Å². The van der Waals surface area contributed by atoms with Crippen LogP contribution in [0.25, 0.3) is 0 Å². The zero-order valence-corrected chi connectivity index (χ0v) is 19.3. The molecule has 0 aliphatic heterocycles. The number of amides is 2. The van der Waals surface area contributed by atoms with Gasteiger partial charge >= 0.3 is 0 Å². The first-order valence-electron chi connectivity index (χ1n) is 10.1. The summed E-state index contributed by atoms with van der Waals surface area (Å²) in [6.07, 6.45) is -0.500. The highest BCUT2D eigenvalue weighted by molar-refractivity contribution is 6.42. The summed E-state index contributed by atoms with van der Waals surface area (Å²) in [5.74, 6) is -0.136. The van der Waals surface area contributed by atoms with Crippen molar-refractivity contribution in [2.24, 2.45) is 5.92 Å². The minimum atomic E-state index is -0.967. The Morgan fingerprint density at radius 1 is 1.10 bits per heavy atom. The number of halogens is 2. The average Bonchev–Trinajstić information content (AvgIpc) is 2.72. The lowest BCUT2D eigenvalue weighted by molar-refractivity contribution is -0.123. The second-order valence-corrected chi connectivity index (χ2v) is 8.52. The Balaban J connectivity index is 1.91. The number of aliphatic hydroxyl groups excluding tert-OH is 1. The van der Waals surface area contributed by atoms with E-state index in [-0.39, 0.29) is 35.9 Å². The summed E-state index contributed by atoms with van der Waals surface area (Å²) in [4.78, 5) is 25.3. The molecule has 0 radical (unpaired) electrons. The van der Waals surface area contributed by atoms with Gasteiger partial charge in [0, 0.05) is 12.1 Å². The van der Waals surface area contributed by atoms with Crippen molar-refractivity contribution >= 4 is 35.0 Å². The van der Waals surface area contributed by atoms with Crippen LogP contribution >= 0.6 is 23.2 Å². The lowest BCUT2D eigenvalue weighted by Gasteiger charge is -2.22. The maximum absolute atomic E-state index is 12.7. The van der Waals surface area contributed by atoms with Crippen molar-refractivity contribution in [1.82, 2.24) is 10.6 Å². The van der Waals surface area contributed by atoms with E-state index in [1.165, 1.54) is 0 Å². The van der Waals surface area contributed by atoms with Crippen LogP contribution in [0.4, 0.5) is 0 Å². The largest absolute Gasteiger partial charge is 0.489 e. The molecule has 2 amide bonds. The Labute approximate surface area is 192 Å². The summed E-state index contributed by atoms with van der Waals surface area (Å²) in [5, 5.41) is 16.3. The Bertz CT molecular complexity index is 905. The lowest BCUT2D eigenvalue weighted by atomic mass is 10.0. The number of rotatable bonds is 10. The van der Waals surface area contributed by atoms with Crippen LogP contribution in [0.2, 0.25) is 10.0 Å². The molecule has 0 aromatic heterocycles. The third-order valence-electron chi connectivity index (χ3n) is 4.58. The third kappa shape index (κ3) is 7.73. The molecule has 0 heterocycles. The van der Waals surface area contributed by atoms with Gasteiger partial charge in [0.05, 0.1) is 5.02 Å². The Morgan fingerprint density at radius 3 is 2.48 bits per heavy atom. The van der Waals surface area contributed by atoms with Gasteiger partial charge in [-0.1, -0.05) is 61.3 Å². The van der Waals surface area contributed by atoms with E-state index in [9.17, 15) is 14.7 Å². The molecule has 0 saturated heterocycles. The predicted molar refractivity (Wildman–Crippen MR) is 123 cm³/mol. The molecule has 2 aromatic rings. The number of hydrogen-bond donors (Lipinski definition) is 3. The molecule has 0 fully saturated rings. The quantitative estimate of drug-likeness (QED) is 0.493. The minimum absolute atomic E-state index is 0.0359. The number of carbonyl (C=O) groups excluding carboxylic acids is 2. The van der Waals surface area contributed by atoms with Crippen LogP contribution in [0, 0.1) is 12.8 Å². The molecule has 6 nitrogen and oxygen atoms in total. The molecule has 0 bridgehead atoms. The van der Waals surface area contributed by atoms with Crippen molar-refractivity contribution in [2.45, 2.75) is 39.3 Å². The Hall–Kier alpha value is -2.28. The van der Waals surface area contributed by atoms with Gasteiger partial charge in [0.25, 0.3) is 5.91 Å². The van der Waals surface area contributed by atoms with E-state index in [0.717, 1.165) is 5.56 Å². The van der Waals surface area contributed by atoms with E-state index in [1.54, 1.807) is 30.3 Å². The average molecular weight is 467 g/mol. The Kier molecular flexibility index (Phi) is 9.62. The first-order valence-corrected chi connectivity index (χ1v) is 10.8. The molecule has 0 aliphatic carbocycles. The number of ether oxygens (including phenoxy) is 1. The zero-order chi connectivity index (χ0) is 23.0. The van der Waals surface area contributed by atoms with Crippen molar-refractivity contribution < 1.29 is 19.4 Å². The van der Waals surface area contributed by atoms with Gasteiger partial charge in [0.15, 0.2) is 0 Å². The number of aryl methyl sites for hydroxylation is 1. The maximum Gasteiger partial charge on any atom is 0.252 e. The van der Waals surface area contributed by atoms with Gasteiger partial charge in [-0.25, -0.2) is 0 Å². The fraction of sp³-hybridized carbons (Fsp3) is 0.391. The molecule has 0 aliphatic rings. The normalized spacial score (nSPS) is 12.9. The zero-order valence-electron chi connectivity index (χ0n) is 17.8. The Morgan fingerprint density at radius 2 is 1.81 bits per heavy atom. The van der Waals surface area contributed by atoms with Gasteiger partial charge in [-0.3, -0.25) is 9.59 Å². The highest BCUT2D eigenvalue weighted by Crippen LogP contribution is 2.31. The monoisotopic (exact) mass is 466 g/mol. The van der Waals surface area contributed by atoms with Gasteiger partial charge in [-0.05, 0) is 43.0 Å². The number of benzene rings is 2. The summed E-state index contributed by atoms with van der Waals surface area (Å²) < 4.78 is 5.48. The summed E-state index contributed by atoms with van der Waals surface area (Å²) in [6, 6.07) is 11.4. The van der Waals surface area contributed by atoms with Gasteiger partial charge in [-0.15, -0.1) is 0 Å². The molecular weight excluding hydrogens is 439 g/mol. The second kappa shape index (κ2) is 11.9. The fourth-order valence-electron chi connectivity index (χ4n) is 2.95. The molecule has 168 valence electrons. The predicted octanol–water partition coefficient (Wildman–Crippen LogP) is 4.00. The number of aliphatic hydroxyl groups is 1. The minimum Gasteiger partial charge on any atom is -0.489 e. The first kappa shape index (κ1) is 25.0. The van der Waals surface area contributed by atoms with E-state index >= 15 is 0 Å². The van der Waals surface area contributed by atoms with E-state index < -0.39 is 12.1 Å². The van der Waals surface area contributed by atoms with Crippen LogP contribution in [0.15, 0.2) is 42.5 Å². The van der Waals surface area contributed by atoms with Crippen LogP contribution in [0.1, 0.15) is 36.2 Å². The molecule has 8 heteroatoms. The van der Waals surface area contributed by atoms with Crippen LogP contribution in [0.5, 0.6) is 5.75 Å². The number of hydrogen-bond acceptors (Lipinski definition) is 4. The molecule has 2 atom stereocenters. The van der Waals surface area contributed by atoms with E-state index in [0.29, 0.717) is 22.8 Å². The van der Waals surface area contributed by atoms with Crippen LogP contribution < -0.4 is 15.4 Å². The van der Waals surface area contributed by atoms with E-state index in [2.05, 4.69) is 10.6 Å². The molecule has 3 N–H and O–H groups in total. The third-order valence-corrected chi connectivity index (χ3v) is 5.38. The molecular formula is C23H28Cl2N2O4. The van der Waals surface area contributed by atoms with Crippen molar-refractivity contribution in [3.8, 4) is 5.75 Å². The summed E-state index contributed by atoms with van der Waals surface area (Å²) >= 11 is 12.0. The SMILES string of the molecule is Cc1ccccc1C(=O)NC(CC(C)C)C(=O)NCC(O)COc1cccc(Cl)c1Cl. The molecule has 31 heavy (non-hydrogen) atoms. The smallest absolute Gasteiger partial charge is 0.252 e. The maximum atomic E-state index is 12.7. The van der Waals surface area contributed by atoms with Crippen molar-refractivity contribution in [3.05, 3.63) is 63.6 Å². The van der Waals surface area contributed by atoms with Gasteiger partial charge in [-0.2, -0.15) is 0 Å². The molecule has 2 unspecified atom stereocenters. The molecule has 2 rings (SSSR count). The summed E-state index contributed by atoms with van der Waals surface area (Å²) in [7, 11) is 0. The second-order valence-electron chi connectivity index (χ2n) is 7.73. The fourth-order valence-corrected chi connectivity index (χ4v) is 3.29. The van der Waals surface area contributed by atoms with Crippen LogP contribution in [-0.4, -0.2) is 42.2 Å². The topological polar surface area (TPSA) is 87.7 Å². The van der Waals surface area contributed by atoms with Crippen LogP contribution in [-0.2, 0) is 4.79 Å². The standard InChI is InChI=1S/C23H28Cl2N2O4/c1-14(2)11-19(27-22(29)17-8-5-4-7-15(17)3)23(30)26-12-16(28)13-31-20-10-6-9-18(24)21(20)25/h4-10,14,16,19,28H,11-13H2,1-3H3,(H,26,30)(H,27,29). The van der Waals surface area contributed by atoms with Crippen molar-refractivity contribution in [3.63, 3.8) is 0 Å². The van der Waals surface area contributed by atoms with Gasteiger partial charge in [0.1, 0.15) is 29.5 Å². The molecule has 2 aromatic carbocycles. The summed E-state index contributed by atoms with van der Waals surface area (Å²) in [5.41, 5.74) is 1.35. The lowest BCUT2D eigenvalue weighted by Crippen LogP contribution is -2.49.